The monoisotopic (exact) mass is 377 g/mol. The standard InChI is InChI=1S/C18H20ClN3O4/c1-2-25-17-12(4-3-6-20-17)9-21-16(23)13-8-15(19)18(22-10-13)26-14-5-7-24-11-14/h3-4,6,8,10,14H,2,5,7,9,11H2,1H3,(H,21,23). The molecular weight excluding hydrogens is 358 g/mol. The number of ether oxygens (including phenoxy) is 3. The zero-order valence-corrected chi connectivity index (χ0v) is 15.2. The van der Waals surface area contributed by atoms with Gasteiger partial charge in [0.2, 0.25) is 11.8 Å². The van der Waals surface area contributed by atoms with E-state index in [-0.39, 0.29) is 18.6 Å². The minimum absolute atomic E-state index is 0.0535. The normalized spacial score (nSPS) is 16.3. The van der Waals surface area contributed by atoms with Gasteiger partial charge in [-0.2, -0.15) is 0 Å². The van der Waals surface area contributed by atoms with Crippen molar-refractivity contribution in [1.29, 1.82) is 0 Å². The summed E-state index contributed by atoms with van der Waals surface area (Å²) >= 11 is 6.20. The maximum absolute atomic E-state index is 12.4. The summed E-state index contributed by atoms with van der Waals surface area (Å²) in [5, 5.41) is 3.11. The van der Waals surface area contributed by atoms with Crippen LogP contribution in [0.15, 0.2) is 30.6 Å². The Labute approximate surface area is 156 Å². The fourth-order valence-electron chi connectivity index (χ4n) is 2.50. The predicted molar refractivity (Wildman–Crippen MR) is 95.7 cm³/mol. The van der Waals surface area contributed by atoms with Crippen LogP contribution in [0.1, 0.15) is 29.3 Å². The van der Waals surface area contributed by atoms with Crippen LogP contribution < -0.4 is 14.8 Å². The van der Waals surface area contributed by atoms with Crippen LogP contribution in [-0.4, -0.2) is 41.8 Å². The molecule has 3 heterocycles. The first-order valence-electron chi connectivity index (χ1n) is 8.42. The third kappa shape index (κ3) is 4.62. The molecular formula is C18H20ClN3O4. The number of carbonyl (C=O) groups is 1. The lowest BCUT2D eigenvalue weighted by Crippen LogP contribution is -2.23. The molecule has 1 saturated heterocycles. The first-order chi connectivity index (χ1) is 12.7. The number of hydrogen-bond donors (Lipinski definition) is 1. The van der Waals surface area contributed by atoms with Crippen molar-refractivity contribution >= 4 is 17.5 Å². The van der Waals surface area contributed by atoms with Gasteiger partial charge in [-0.25, -0.2) is 9.97 Å². The number of rotatable bonds is 7. The van der Waals surface area contributed by atoms with Gasteiger partial charge in [-0.05, 0) is 19.1 Å². The Kier molecular flexibility index (Phi) is 6.25. The third-order valence-electron chi connectivity index (χ3n) is 3.81. The van der Waals surface area contributed by atoms with Crippen molar-refractivity contribution in [1.82, 2.24) is 15.3 Å². The second-order valence-electron chi connectivity index (χ2n) is 5.70. The fraction of sp³-hybridized carbons (Fsp3) is 0.389. The number of hydrogen-bond acceptors (Lipinski definition) is 6. The number of nitrogens with zero attached hydrogens (tertiary/aromatic N) is 2. The summed E-state index contributed by atoms with van der Waals surface area (Å²) < 4.78 is 16.4. The summed E-state index contributed by atoms with van der Waals surface area (Å²) in [6.07, 6.45) is 3.84. The number of carbonyl (C=O) groups excluding carboxylic acids is 1. The fourth-order valence-corrected chi connectivity index (χ4v) is 2.71. The van der Waals surface area contributed by atoms with Crippen LogP contribution in [0.2, 0.25) is 5.02 Å². The molecule has 1 aliphatic heterocycles. The first kappa shape index (κ1) is 18.4. The summed E-state index contributed by atoms with van der Waals surface area (Å²) in [5.74, 6) is 0.528. The van der Waals surface area contributed by atoms with Crippen LogP contribution in [0.3, 0.4) is 0 Å². The number of halogens is 1. The second kappa shape index (κ2) is 8.82. The van der Waals surface area contributed by atoms with Crippen LogP contribution in [-0.2, 0) is 11.3 Å². The zero-order valence-electron chi connectivity index (χ0n) is 14.4. The van der Waals surface area contributed by atoms with Crippen molar-refractivity contribution < 1.29 is 19.0 Å². The van der Waals surface area contributed by atoms with E-state index >= 15 is 0 Å². The van der Waals surface area contributed by atoms with Crippen LogP contribution in [0, 0.1) is 0 Å². The SMILES string of the molecule is CCOc1ncccc1CNC(=O)c1cnc(OC2CCOC2)c(Cl)c1. The number of aromatic nitrogens is 2. The molecule has 1 unspecified atom stereocenters. The summed E-state index contributed by atoms with van der Waals surface area (Å²) in [6, 6.07) is 5.19. The van der Waals surface area contributed by atoms with Crippen molar-refractivity contribution in [2.75, 3.05) is 19.8 Å². The highest BCUT2D eigenvalue weighted by Crippen LogP contribution is 2.25. The predicted octanol–water partition coefficient (Wildman–Crippen LogP) is 2.63. The lowest BCUT2D eigenvalue weighted by Gasteiger charge is -2.13. The van der Waals surface area contributed by atoms with Crippen LogP contribution in [0.5, 0.6) is 11.8 Å². The molecule has 0 aliphatic carbocycles. The number of amides is 1. The molecule has 8 heteroatoms. The summed E-state index contributed by atoms with van der Waals surface area (Å²) in [7, 11) is 0. The van der Waals surface area contributed by atoms with Gasteiger partial charge in [0, 0.05) is 30.9 Å². The van der Waals surface area contributed by atoms with Gasteiger partial charge in [-0.15, -0.1) is 0 Å². The smallest absolute Gasteiger partial charge is 0.253 e. The summed E-state index contributed by atoms with van der Waals surface area (Å²) in [4.78, 5) is 20.7. The molecule has 0 spiro atoms. The molecule has 0 saturated carbocycles. The van der Waals surface area contributed by atoms with E-state index in [0.29, 0.717) is 42.2 Å². The molecule has 7 nitrogen and oxygen atoms in total. The molecule has 1 N–H and O–H groups in total. The molecule has 0 aromatic carbocycles. The molecule has 1 aliphatic rings. The lowest BCUT2D eigenvalue weighted by atomic mass is 10.2. The second-order valence-corrected chi connectivity index (χ2v) is 6.10. The summed E-state index contributed by atoms with van der Waals surface area (Å²) in [6.45, 7) is 3.86. The third-order valence-corrected chi connectivity index (χ3v) is 4.08. The molecule has 1 atom stereocenters. The van der Waals surface area contributed by atoms with Gasteiger partial charge in [-0.1, -0.05) is 17.7 Å². The van der Waals surface area contributed by atoms with E-state index in [1.165, 1.54) is 6.20 Å². The van der Waals surface area contributed by atoms with Crippen molar-refractivity contribution in [3.63, 3.8) is 0 Å². The van der Waals surface area contributed by atoms with Crippen molar-refractivity contribution in [2.24, 2.45) is 0 Å². The minimum atomic E-state index is -0.290. The van der Waals surface area contributed by atoms with Crippen molar-refractivity contribution in [3.05, 3.63) is 46.7 Å². The number of pyridine rings is 2. The molecule has 2 aromatic heterocycles. The zero-order chi connectivity index (χ0) is 18.4. The molecule has 138 valence electrons. The Morgan fingerprint density at radius 3 is 3.04 bits per heavy atom. The van der Waals surface area contributed by atoms with E-state index in [9.17, 15) is 4.79 Å². The van der Waals surface area contributed by atoms with E-state index in [1.807, 2.05) is 13.0 Å². The van der Waals surface area contributed by atoms with Crippen LogP contribution in [0.4, 0.5) is 0 Å². The van der Waals surface area contributed by atoms with Crippen LogP contribution in [0.25, 0.3) is 0 Å². The minimum Gasteiger partial charge on any atom is -0.478 e. The highest BCUT2D eigenvalue weighted by atomic mass is 35.5. The van der Waals surface area contributed by atoms with Gasteiger partial charge in [-0.3, -0.25) is 4.79 Å². The molecule has 1 fully saturated rings. The van der Waals surface area contributed by atoms with Crippen molar-refractivity contribution in [3.8, 4) is 11.8 Å². The Bertz CT molecular complexity index is 766. The Morgan fingerprint density at radius 2 is 2.31 bits per heavy atom. The van der Waals surface area contributed by atoms with E-state index in [2.05, 4.69) is 15.3 Å². The highest BCUT2D eigenvalue weighted by Gasteiger charge is 2.20. The lowest BCUT2D eigenvalue weighted by molar-refractivity contribution is 0.0950. The first-order valence-corrected chi connectivity index (χ1v) is 8.80. The van der Waals surface area contributed by atoms with Gasteiger partial charge in [0.25, 0.3) is 5.91 Å². The highest BCUT2D eigenvalue weighted by molar-refractivity contribution is 6.32. The Hall–Kier alpha value is -2.38. The number of nitrogens with one attached hydrogen (secondary N) is 1. The van der Waals surface area contributed by atoms with Gasteiger partial charge in [0.1, 0.15) is 11.1 Å². The Morgan fingerprint density at radius 1 is 1.42 bits per heavy atom. The van der Waals surface area contributed by atoms with E-state index in [1.54, 1.807) is 18.3 Å². The van der Waals surface area contributed by atoms with Crippen LogP contribution >= 0.6 is 11.6 Å². The molecule has 3 rings (SSSR count). The molecule has 1 amide bonds. The average molecular weight is 378 g/mol. The maximum atomic E-state index is 12.4. The van der Waals surface area contributed by atoms with E-state index in [0.717, 1.165) is 12.0 Å². The Balaban J connectivity index is 1.62. The maximum Gasteiger partial charge on any atom is 0.253 e. The van der Waals surface area contributed by atoms with Gasteiger partial charge >= 0.3 is 0 Å². The molecule has 2 aromatic rings. The van der Waals surface area contributed by atoms with Gasteiger partial charge in [0.05, 0.1) is 25.4 Å². The van der Waals surface area contributed by atoms with Crippen molar-refractivity contribution in [2.45, 2.75) is 26.0 Å². The molecule has 26 heavy (non-hydrogen) atoms. The molecule has 0 radical (unpaired) electrons. The quantitative estimate of drug-likeness (QED) is 0.798. The van der Waals surface area contributed by atoms with E-state index in [4.69, 9.17) is 25.8 Å². The van der Waals surface area contributed by atoms with Gasteiger partial charge in [0.15, 0.2) is 0 Å². The molecule has 0 bridgehead atoms. The summed E-state index contributed by atoms with van der Waals surface area (Å²) in [5.41, 5.74) is 1.15. The topological polar surface area (TPSA) is 82.6 Å². The largest absolute Gasteiger partial charge is 0.478 e. The van der Waals surface area contributed by atoms with Gasteiger partial charge < -0.3 is 19.5 Å². The van der Waals surface area contributed by atoms with E-state index < -0.39 is 0 Å². The average Bonchev–Trinajstić information content (AvgIpc) is 3.16.